The Labute approximate surface area is 130 Å². The highest BCUT2D eigenvalue weighted by Gasteiger charge is 2.27. The van der Waals surface area contributed by atoms with Crippen molar-refractivity contribution in [1.82, 2.24) is 10.3 Å². The third-order valence-corrected chi connectivity index (χ3v) is 4.22. The summed E-state index contributed by atoms with van der Waals surface area (Å²) in [5.74, 6) is 0.258. The number of carbonyl (C=O) groups excluding carboxylic acids is 1. The van der Waals surface area contributed by atoms with Gasteiger partial charge in [0.15, 0.2) is 0 Å². The van der Waals surface area contributed by atoms with Gasteiger partial charge >= 0.3 is 0 Å². The summed E-state index contributed by atoms with van der Waals surface area (Å²) in [5, 5.41) is 3.02. The van der Waals surface area contributed by atoms with Crippen molar-refractivity contribution in [2.45, 2.75) is 25.9 Å². The lowest BCUT2D eigenvalue weighted by Gasteiger charge is -2.32. The third kappa shape index (κ3) is 3.39. The first-order chi connectivity index (χ1) is 10.7. The fraction of sp³-hybridized carbons (Fsp3) is 0.389. The van der Waals surface area contributed by atoms with Crippen LogP contribution in [-0.4, -0.2) is 24.0 Å². The molecule has 0 bridgehead atoms. The Balaban J connectivity index is 1.65. The largest absolute Gasteiger partial charge is 0.373 e. The second-order valence-electron chi connectivity index (χ2n) is 5.90. The number of hydrogen-bond donors (Lipinski definition) is 2. The summed E-state index contributed by atoms with van der Waals surface area (Å²) in [4.78, 5) is 15.0. The molecule has 1 aliphatic heterocycles. The molecular weight excluding hydrogens is 276 g/mol. The van der Waals surface area contributed by atoms with E-state index in [1.54, 1.807) is 12.3 Å². The first-order valence-corrected chi connectivity index (χ1v) is 7.84. The highest BCUT2D eigenvalue weighted by molar-refractivity contribution is 5.92. The summed E-state index contributed by atoms with van der Waals surface area (Å²) in [6.07, 6.45) is 3.95. The van der Waals surface area contributed by atoms with Crippen LogP contribution in [0.1, 0.15) is 40.6 Å². The van der Waals surface area contributed by atoms with E-state index >= 15 is 0 Å². The molecule has 1 saturated heterocycles. The van der Waals surface area contributed by atoms with Gasteiger partial charge in [0.25, 0.3) is 5.91 Å². The summed E-state index contributed by atoms with van der Waals surface area (Å²) in [5.41, 5.74) is 3.05. The van der Waals surface area contributed by atoms with Gasteiger partial charge in [-0.15, -0.1) is 0 Å². The minimum absolute atomic E-state index is 0.0572. The molecule has 3 rings (SSSR count). The van der Waals surface area contributed by atoms with Crippen molar-refractivity contribution in [2.75, 3.05) is 13.2 Å². The lowest BCUT2D eigenvalue weighted by Crippen LogP contribution is -2.35. The number of rotatable bonds is 4. The fourth-order valence-corrected chi connectivity index (χ4v) is 2.97. The molecule has 0 aliphatic carbocycles. The maximum Gasteiger partial charge on any atom is 0.267 e. The molecule has 1 aromatic heterocycles. The second kappa shape index (κ2) is 6.79. The standard InChI is InChI=1S/C18H22N2O2/c1-13-6-8-14(9-7-13)17-15(4-3-11-22-17)12-20-18(21)16-5-2-10-19-16/h2,5-10,15,17,19H,3-4,11-12H2,1H3,(H,20,21)/t15-,17+/m0/s1. The van der Waals surface area contributed by atoms with E-state index < -0.39 is 0 Å². The fourth-order valence-electron chi connectivity index (χ4n) is 2.97. The second-order valence-corrected chi connectivity index (χ2v) is 5.90. The van der Waals surface area contributed by atoms with E-state index in [2.05, 4.69) is 41.5 Å². The van der Waals surface area contributed by atoms with Crippen LogP contribution in [0.3, 0.4) is 0 Å². The quantitative estimate of drug-likeness (QED) is 0.910. The monoisotopic (exact) mass is 298 g/mol. The summed E-state index contributed by atoms with van der Waals surface area (Å²) in [7, 11) is 0. The Bertz CT molecular complexity index is 605. The molecule has 0 spiro atoms. The van der Waals surface area contributed by atoms with Crippen LogP contribution in [0.5, 0.6) is 0 Å². The zero-order valence-corrected chi connectivity index (χ0v) is 12.8. The molecule has 2 atom stereocenters. The van der Waals surface area contributed by atoms with Crippen molar-refractivity contribution >= 4 is 5.91 Å². The summed E-state index contributed by atoms with van der Waals surface area (Å²) in [6, 6.07) is 12.1. The van der Waals surface area contributed by atoms with Gasteiger partial charge in [-0.1, -0.05) is 29.8 Å². The van der Waals surface area contributed by atoms with E-state index in [1.165, 1.54) is 11.1 Å². The molecule has 0 unspecified atom stereocenters. The highest BCUT2D eigenvalue weighted by Crippen LogP contribution is 2.33. The number of H-pyrrole nitrogens is 1. The number of aryl methyl sites for hydroxylation is 1. The zero-order valence-electron chi connectivity index (χ0n) is 12.8. The minimum atomic E-state index is -0.0572. The maximum atomic E-state index is 12.1. The van der Waals surface area contributed by atoms with E-state index in [0.29, 0.717) is 18.2 Å². The van der Waals surface area contributed by atoms with Gasteiger partial charge in [-0.3, -0.25) is 4.79 Å². The van der Waals surface area contributed by atoms with E-state index in [4.69, 9.17) is 4.74 Å². The van der Waals surface area contributed by atoms with Crippen molar-refractivity contribution < 1.29 is 9.53 Å². The van der Waals surface area contributed by atoms with Crippen LogP contribution in [0.25, 0.3) is 0 Å². The van der Waals surface area contributed by atoms with Crippen molar-refractivity contribution in [3.63, 3.8) is 0 Å². The Morgan fingerprint density at radius 1 is 1.32 bits per heavy atom. The summed E-state index contributed by atoms with van der Waals surface area (Å²) in [6.45, 7) is 3.51. The van der Waals surface area contributed by atoms with Gasteiger partial charge in [-0.2, -0.15) is 0 Å². The molecule has 2 heterocycles. The highest BCUT2D eigenvalue weighted by atomic mass is 16.5. The van der Waals surface area contributed by atoms with Crippen molar-refractivity contribution in [2.24, 2.45) is 5.92 Å². The normalized spacial score (nSPS) is 21.5. The van der Waals surface area contributed by atoms with Crippen molar-refractivity contribution in [3.05, 3.63) is 59.4 Å². The molecule has 22 heavy (non-hydrogen) atoms. The summed E-state index contributed by atoms with van der Waals surface area (Å²) < 4.78 is 5.98. The first kappa shape index (κ1) is 14.9. The maximum absolute atomic E-state index is 12.1. The average Bonchev–Trinajstić information content (AvgIpc) is 3.08. The van der Waals surface area contributed by atoms with Crippen molar-refractivity contribution in [1.29, 1.82) is 0 Å². The number of amides is 1. The Kier molecular flexibility index (Phi) is 4.59. The van der Waals surface area contributed by atoms with Gasteiger partial charge in [0.1, 0.15) is 5.69 Å². The van der Waals surface area contributed by atoms with Gasteiger partial charge in [0.2, 0.25) is 0 Å². The Hall–Kier alpha value is -2.07. The third-order valence-electron chi connectivity index (χ3n) is 4.22. The number of hydrogen-bond acceptors (Lipinski definition) is 2. The van der Waals surface area contributed by atoms with Gasteiger partial charge in [0.05, 0.1) is 6.10 Å². The lowest BCUT2D eigenvalue weighted by molar-refractivity contribution is -0.0272. The number of aromatic nitrogens is 1. The van der Waals surface area contributed by atoms with Crippen LogP contribution in [0.4, 0.5) is 0 Å². The van der Waals surface area contributed by atoms with E-state index in [1.807, 2.05) is 6.07 Å². The number of nitrogens with one attached hydrogen (secondary N) is 2. The smallest absolute Gasteiger partial charge is 0.267 e. The molecule has 4 nitrogen and oxygen atoms in total. The molecule has 4 heteroatoms. The number of benzene rings is 1. The van der Waals surface area contributed by atoms with Gasteiger partial charge in [-0.25, -0.2) is 0 Å². The summed E-state index contributed by atoms with van der Waals surface area (Å²) >= 11 is 0. The molecule has 1 fully saturated rings. The predicted molar refractivity (Wildman–Crippen MR) is 85.7 cm³/mol. The van der Waals surface area contributed by atoms with Crippen LogP contribution in [0.15, 0.2) is 42.6 Å². The van der Waals surface area contributed by atoms with Crippen LogP contribution in [0.2, 0.25) is 0 Å². The Morgan fingerprint density at radius 3 is 2.86 bits per heavy atom. The number of aromatic amines is 1. The number of ether oxygens (including phenoxy) is 1. The molecule has 116 valence electrons. The van der Waals surface area contributed by atoms with Crippen LogP contribution in [-0.2, 0) is 4.74 Å². The van der Waals surface area contributed by atoms with Gasteiger partial charge in [-0.05, 0) is 37.5 Å². The number of carbonyl (C=O) groups is 1. The first-order valence-electron chi connectivity index (χ1n) is 7.84. The molecule has 1 aromatic carbocycles. The van der Waals surface area contributed by atoms with E-state index in [-0.39, 0.29) is 12.0 Å². The van der Waals surface area contributed by atoms with Crippen LogP contribution >= 0.6 is 0 Å². The van der Waals surface area contributed by atoms with Crippen LogP contribution in [0, 0.1) is 12.8 Å². The molecular formula is C18H22N2O2. The van der Waals surface area contributed by atoms with E-state index in [9.17, 15) is 4.79 Å². The lowest BCUT2D eigenvalue weighted by atomic mass is 9.89. The molecule has 1 amide bonds. The van der Waals surface area contributed by atoms with Gasteiger partial charge < -0.3 is 15.0 Å². The molecule has 2 N–H and O–H groups in total. The molecule has 1 aliphatic rings. The zero-order chi connectivity index (χ0) is 15.4. The molecule has 2 aromatic rings. The van der Waals surface area contributed by atoms with Crippen LogP contribution < -0.4 is 5.32 Å². The molecule has 0 radical (unpaired) electrons. The average molecular weight is 298 g/mol. The van der Waals surface area contributed by atoms with Gasteiger partial charge in [0, 0.05) is 25.3 Å². The van der Waals surface area contributed by atoms with E-state index in [0.717, 1.165) is 19.4 Å². The predicted octanol–water partition coefficient (Wildman–Crippen LogP) is 3.22. The Morgan fingerprint density at radius 2 is 2.14 bits per heavy atom. The topological polar surface area (TPSA) is 54.1 Å². The molecule has 0 saturated carbocycles. The van der Waals surface area contributed by atoms with Crippen molar-refractivity contribution in [3.8, 4) is 0 Å². The SMILES string of the molecule is Cc1ccc([C@H]2OCCC[C@H]2CNC(=O)c2ccc[nH]2)cc1. The minimum Gasteiger partial charge on any atom is -0.373 e.